The highest BCUT2D eigenvalue weighted by Crippen LogP contribution is 2.32. The molecule has 1 aliphatic carbocycles. The SMILES string of the molecule is C[C@H](O)[C@@H](C)NC1CCC(Nc2cc(-c3cccc(NCC4(C#N)CCOCC4)n3)c(Cl)cn2)CC1. The Hall–Kier alpha value is -2.44. The lowest BCUT2D eigenvalue weighted by atomic mass is 9.82. The zero-order chi connectivity index (χ0) is 25.5. The van der Waals surface area contributed by atoms with Crippen molar-refractivity contribution in [3.8, 4) is 17.3 Å². The Morgan fingerprint density at radius 3 is 2.58 bits per heavy atom. The van der Waals surface area contributed by atoms with Crippen molar-refractivity contribution in [2.45, 2.75) is 76.6 Å². The summed E-state index contributed by atoms with van der Waals surface area (Å²) in [4.78, 5) is 9.28. The molecule has 2 aromatic rings. The summed E-state index contributed by atoms with van der Waals surface area (Å²) in [6.45, 7) is 5.62. The first-order valence-electron chi connectivity index (χ1n) is 12.9. The molecule has 2 aromatic heterocycles. The van der Waals surface area contributed by atoms with Gasteiger partial charge >= 0.3 is 0 Å². The Morgan fingerprint density at radius 2 is 1.89 bits per heavy atom. The van der Waals surface area contributed by atoms with Crippen LogP contribution in [0.3, 0.4) is 0 Å². The van der Waals surface area contributed by atoms with Gasteiger partial charge in [-0.05, 0) is 70.6 Å². The molecule has 0 amide bonds. The predicted octanol–water partition coefficient (Wildman–Crippen LogP) is 4.61. The van der Waals surface area contributed by atoms with Crippen LogP contribution < -0.4 is 16.0 Å². The molecule has 4 N–H and O–H groups in total. The lowest BCUT2D eigenvalue weighted by Crippen LogP contribution is -2.45. The summed E-state index contributed by atoms with van der Waals surface area (Å²) in [5, 5.41) is 30.5. The van der Waals surface area contributed by atoms with E-state index in [1.165, 1.54) is 0 Å². The van der Waals surface area contributed by atoms with Crippen molar-refractivity contribution in [1.82, 2.24) is 15.3 Å². The Kier molecular flexibility index (Phi) is 9.02. The van der Waals surface area contributed by atoms with Gasteiger partial charge in [-0.25, -0.2) is 9.97 Å². The van der Waals surface area contributed by atoms with Gasteiger partial charge in [0.05, 0.1) is 28.3 Å². The van der Waals surface area contributed by atoms with Crippen molar-refractivity contribution in [2.75, 3.05) is 30.4 Å². The molecular weight excluding hydrogens is 476 g/mol. The number of hydrogen-bond donors (Lipinski definition) is 4. The van der Waals surface area contributed by atoms with Crippen molar-refractivity contribution >= 4 is 23.2 Å². The van der Waals surface area contributed by atoms with Crippen molar-refractivity contribution in [2.24, 2.45) is 5.41 Å². The van der Waals surface area contributed by atoms with E-state index in [0.29, 0.717) is 42.7 Å². The van der Waals surface area contributed by atoms with Crippen LogP contribution in [-0.4, -0.2) is 59.1 Å². The average molecular weight is 513 g/mol. The number of hydrogen-bond acceptors (Lipinski definition) is 8. The number of nitrogens with zero attached hydrogens (tertiary/aromatic N) is 3. The standard InChI is InChI=1S/C27H37ClN6O2/c1-18(19(2)35)32-20-6-8-21(9-7-20)33-26-14-22(23(28)15-30-26)24-4-3-5-25(34-24)31-17-27(16-29)10-12-36-13-11-27/h3-5,14-15,18-21,32,35H,6-13,17H2,1-2H3,(H,30,33)(H,31,34)/t18-,19+,20?,21?/m1/s1. The third-order valence-corrected chi connectivity index (χ3v) is 7.78. The van der Waals surface area contributed by atoms with Crippen LogP contribution in [-0.2, 0) is 4.74 Å². The second-order valence-electron chi connectivity index (χ2n) is 10.2. The first-order valence-corrected chi connectivity index (χ1v) is 13.3. The molecule has 1 saturated carbocycles. The second-order valence-corrected chi connectivity index (χ2v) is 10.6. The van der Waals surface area contributed by atoms with Crippen LogP contribution in [0, 0.1) is 16.7 Å². The molecule has 194 valence electrons. The van der Waals surface area contributed by atoms with Gasteiger partial charge < -0.3 is 25.8 Å². The number of anilines is 2. The molecule has 0 radical (unpaired) electrons. The van der Waals surface area contributed by atoms with Crippen LogP contribution in [0.1, 0.15) is 52.4 Å². The number of aliphatic hydroxyl groups is 1. The van der Waals surface area contributed by atoms with Crippen LogP contribution in [0.15, 0.2) is 30.5 Å². The molecule has 2 fully saturated rings. The van der Waals surface area contributed by atoms with E-state index in [1.54, 1.807) is 6.20 Å². The predicted molar refractivity (Wildman–Crippen MR) is 143 cm³/mol. The fourth-order valence-electron chi connectivity index (χ4n) is 4.87. The maximum Gasteiger partial charge on any atom is 0.126 e. The lowest BCUT2D eigenvalue weighted by molar-refractivity contribution is 0.0455. The smallest absolute Gasteiger partial charge is 0.126 e. The highest BCUT2D eigenvalue weighted by atomic mass is 35.5. The van der Waals surface area contributed by atoms with Gasteiger partial charge in [0.2, 0.25) is 0 Å². The minimum absolute atomic E-state index is 0.0971. The molecule has 4 rings (SSSR count). The van der Waals surface area contributed by atoms with Gasteiger partial charge in [-0.3, -0.25) is 0 Å². The fourth-order valence-corrected chi connectivity index (χ4v) is 5.07. The van der Waals surface area contributed by atoms with Crippen LogP contribution in [0.25, 0.3) is 11.3 Å². The molecule has 9 heteroatoms. The summed E-state index contributed by atoms with van der Waals surface area (Å²) in [6, 6.07) is 11.1. The van der Waals surface area contributed by atoms with Crippen LogP contribution in [0.5, 0.6) is 0 Å². The van der Waals surface area contributed by atoms with E-state index in [-0.39, 0.29) is 12.1 Å². The number of aliphatic hydroxyl groups excluding tert-OH is 1. The zero-order valence-corrected chi connectivity index (χ0v) is 21.9. The first kappa shape index (κ1) is 26.6. The van der Waals surface area contributed by atoms with E-state index in [2.05, 4.69) is 27.0 Å². The highest BCUT2D eigenvalue weighted by Gasteiger charge is 2.32. The molecule has 2 atom stereocenters. The molecule has 2 aliphatic rings. The van der Waals surface area contributed by atoms with Crippen molar-refractivity contribution in [3.05, 3.63) is 35.5 Å². The summed E-state index contributed by atoms with van der Waals surface area (Å²) in [5.41, 5.74) is 1.15. The van der Waals surface area contributed by atoms with Crippen molar-refractivity contribution in [1.29, 1.82) is 5.26 Å². The van der Waals surface area contributed by atoms with Gasteiger partial charge in [0.25, 0.3) is 0 Å². The number of ether oxygens (including phenoxy) is 1. The van der Waals surface area contributed by atoms with E-state index in [9.17, 15) is 10.4 Å². The Balaban J connectivity index is 1.38. The molecule has 1 aliphatic heterocycles. The number of nitriles is 1. The van der Waals surface area contributed by atoms with E-state index in [1.807, 2.05) is 38.1 Å². The van der Waals surface area contributed by atoms with Gasteiger partial charge in [-0.2, -0.15) is 5.26 Å². The maximum absolute atomic E-state index is 9.75. The zero-order valence-electron chi connectivity index (χ0n) is 21.1. The largest absolute Gasteiger partial charge is 0.392 e. The average Bonchev–Trinajstić information content (AvgIpc) is 2.90. The van der Waals surface area contributed by atoms with E-state index >= 15 is 0 Å². The van der Waals surface area contributed by atoms with Gasteiger partial charge in [0.15, 0.2) is 0 Å². The molecule has 0 bridgehead atoms. The first-order chi connectivity index (χ1) is 17.4. The number of pyridine rings is 2. The van der Waals surface area contributed by atoms with Gasteiger partial charge in [-0.15, -0.1) is 0 Å². The number of halogens is 1. The molecule has 0 aromatic carbocycles. The Labute approximate surface area is 218 Å². The van der Waals surface area contributed by atoms with E-state index < -0.39 is 5.41 Å². The molecule has 36 heavy (non-hydrogen) atoms. The molecule has 3 heterocycles. The minimum Gasteiger partial charge on any atom is -0.392 e. The quantitative estimate of drug-likeness (QED) is 0.385. The molecule has 0 spiro atoms. The Morgan fingerprint density at radius 1 is 1.17 bits per heavy atom. The number of rotatable bonds is 9. The lowest BCUT2D eigenvalue weighted by Gasteiger charge is -2.32. The number of nitrogens with one attached hydrogen (secondary N) is 3. The highest BCUT2D eigenvalue weighted by molar-refractivity contribution is 6.33. The summed E-state index contributed by atoms with van der Waals surface area (Å²) < 4.78 is 5.43. The molecule has 0 unspecified atom stereocenters. The van der Waals surface area contributed by atoms with Gasteiger partial charge in [0.1, 0.15) is 11.6 Å². The normalized spacial score (nSPS) is 23.3. The minimum atomic E-state index is -0.426. The molecular formula is C27H37ClN6O2. The summed E-state index contributed by atoms with van der Waals surface area (Å²) in [7, 11) is 0. The summed E-state index contributed by atoms with van der Waals surface area (Å²) in [6.07, 6.45) is 6.94. The van der Waals surface area contributed by atoms with Crippen molar-refractivity contribution in [3.63, 3.8) is 0 Å². The topological polar surface area (TPSA) is 115 Å². The van der Waals surface area contributed by atoms with Crippen LogP contribution >= 0.6 is 11.6 Å². The Bertz CT molecular complexity index is 1040. The third-order valence-electron chi connectivity index (χ3n) is 7.48. The summed E-state index contributed by atoms with van der Waals surface area (Å²) >= 11 is 6.53. The van der Waals surface area contributed by atoms with Crippen LogP contribution in [0.4, 0.5) is 11.6 Å². The second kappa shape index (κ2) is 12.2. The maximum atomic E-state index is 9.75. The fraction of sp³-hybridized carbons (Fsp3) is 0.593. The third kappa shape index (κ3) is 6.86. The molecule has 8 nitrogen and oxygen atoms in total. The van der Waals surface area contributed by atoms with Gasteiger partial charge in [0, 0.05) is 49.6 Å². The van der Waals surface area contributed by atoms with E-state index in [0.717, 1.165) is 55.6 Å². The summed E-state index contributed by atoms with van der Waals surface area (Å²) in [5.74, 6) is 1.50. The number of aromatic nitrogens is 2. The van der Waals surface area contributed by atoms with Crippen molar-refractivity contribution < 1.29 is 9.84 Å². The van der Waals surface area contributed by atoms with Gasteiger partial charge in [-0.1, -0.05) is 17.7 Å². The van der Waals surface area contributed by atoms with E-state index in [4.69, 9.17) is 21.3 Å². The monoisotopic (exact) mass is 512 g/mol. The van der Waals surface area contributed by atoms with Crippen LogP contribution in [0.2, 0.25) is 5.02 Å². The molecule has 1 saturated heterocycles.